The fourth-order valence-corrected chi connectivity index (χ4v) is 2.30. The van der Waals surface area contributed by atoms with E-state index in [0.29, 0.717) is 18.3 Å². The smallest absolute Gasteiger partial charge is 0.369 e. The second-order valence-corrected chi connectivity index (χ2v) is 5.05. The van der Waals surface area contributed by atoms with Gasteiger partial charge in [-0.3, -0.25) is 0 Å². The number of anilines is 1. The fourth-order valence-electron chi connectivity index (χ4n) is 2.06. The van der Waals surface area contributed by atoms with Crippen molar-refractivity contribution in [2.75, 3.05) is 25.0 Å². The van der Waals surface area contributed by atoms with Crippen LogP contribution in [-0.2, 0) is 6.18 Å². The predicted molar refractivity (Wildman–Crippen MR) is 68.3 cm³/mol. The van der Waals surface area contributed by atoms with Gasteiger partial charge in [-0.05, 0) is 37.9 Å². The lowest BCUT2D eigenvalue weighted by atomic mass is 10.00. The van der Waals surface area contributed by atoms with Crippen molar-refractivity contribution in [1.29, 1.82) is 0 Å². The number of aromatic nitrogens is 1. The number of alkyl halides is 3. The quantitative estimate of drug-likeness (QED) is 0.899. The average Bonchev–Trinajstić information content (AvgIpc) is 2.37. The van der Waals surface area contributed by atoms with Crippen molar-refractivity contribution in [3.05, 3.63) is 22.8 Å². The molecule has 1 saturated heterocycles. The molecule has 0 saturated carbocycles. The second-order valence-electron chi connectivity index (χ2n) is 4.65. The van der Waals surface area contributed by atoms with Crippen LogP contribution in [0.1, 0.15) is 18.4 Å². The maximum Gasteiger partial charge on any atom is 0.417 e. The van der Waals surface area contributed by atoms with Crippen molar-refractivity contribution in [2.24, 2.45) is 5.92 Å². The molecule has 1 aromatic rings. The minimum absolute atomic E-state index is 0.00130. The van der Waals surface area contributed by atoms with Gasteiger partial charge in [0.15, 0.2) is 0 Å². The third-order valence-electron chi connectivity index (χ3n) is 3.13. The van der Waals surface area contributed by atoms with Gasteiger partial charge in [0.1, 0.15) is 5.82 Å². The van der Waals surface area contributed by atoms with E-state index in [1.165, 1.54) is 0 Å². The van der Waals surface area contributed by atoms with E-state index in [2.05, 4.69) is 15.6 Å². The van der Waals surface area contributed by atoms with E-state index in [1.54, 1.807) is 0 Å². The zero-order chi connectivity index (χ0) is 13.9. The molecule has 0 aliphatic carbocycles. The van der Waals surface area contributed by atoms with Crippen LogP contribution in [-0.4, -0.2) is 24.6 Å². The summed E-state index contributed by atoms with van der Waals surface area (Å²) >= 11 is 5.81. The van der Waals surface area contributed by atoms with Crippen molar-refractivity contribution in [3.8, 4) is 0 Å². The summed E-state index contributed by atoms with van der Waals surface area (Å²) < 4.78 is 37.3. The van der Waals surface area contributed by atoms with Crippen LogP contribution < -0.4 is 10.6 Å². The lowest BCUT2D eigenvalue weighted by Crippen LogP contribution is -2.33. The molecule has 1 atom stereocenters. The van der Waals surface area contributed by atoms with Crippen LogP contribution in [0, 0.1) is 5.92 Å². The van der Waals surface area contributed by atoms with Gasteiger partial charge in [-0.2, -0.15) is 13.2 Å². The normalized spacial score (nSPS) is 20.3. The van der Waals surface area contributed by atoms with Crippen LogP contribution in [0.25, 0.3) is 0 Å². The van der Waals surface area contributed by atoms with Gasteiger partial charge < -0.3 is 10.6 Å². The first kappa shape index (κ1) is 14.4. The summed E-state index contributed by atoms with van der Waals surface area (Å²) in [6, 6.07) is 0.899. The number of halogens is 4. The van der Waals surface area contributed by atoms with Gasteiger partial charge in [0.05, 0.1) is 10.6 Å². The zero-order valence-corrected chi connectivity index (χ0v) is 11.0. The molecule has 7 heteroatoms. The number of piperidine rings is 1. The van der Waals surface area contributed by atoms with Crippen molar-refractivity contribution in [3.63, 3.8) is 0 Å². The molecule has 106 valence electrons. The highest BCUT2D eigenvalue weighted by Gasteiger charge is 2.31. The summed E-state index contributed by atoms with van der Waals surface area (Å²) in [5.41, 5.74) is -0.831. The maximum atomic E-state index is 12.4. The summed E-state index contributed by atoms with van der Waals surface area (Å²) in [7, 11) is 0. The van der Waals surface area contributed by atoms with Gasteiger partial charge in [-0.25, -0.2) is 4.98 Å². The standard InChI is InChI=1S/C12H15ClF3N3/c13-10-4-9(12(14,15)16)7-19-11(10)18-6-8-2-1-3-17-5-8/h4,7-8,17H,1-3,5-6H2,(H,18,19)/t8-/m0/s1. The minimum Gasteiger partial charge on any atom is -0.369 e. The Morgan fingerprint density at radius 1 is 1.47 bits per heavy atom. The van der Waals surface area contributed by atoms with Crippen LogP contribution in [0.15, 0.2) is 12.3 Å². The largest absolute Gasteiger partial charge is 0.417 e. The van der Waals surface area contributed by atoms with E-state index in [-0.39, 0.29) is 5.02 Å². The summed E-state index contributed by atoms with van der Waals surface area (Å²) in [4.78, 5) is 3.75. The molecule has 2 N–H and O–H groups in total. The lowest BCUT2D eigenvalue weighted by Gasteiger charge is -2.23. The van der Waals surface area contributed by atoms with Gasteiger partial charge in [-0.15, -0.1) is 0 Å². The molecule has 1 aromatic heterocycles. The van der Waals surface area contributed by atoms with Crippen LogP contribution >= 0.6 is 11.6 Å². The van der Waals surface area contributed by atoms with E-state index in [4.69, 9.17) is 11.6 Å². The highest BCUT2D eigenvalue weighted by molar-refractivity contribution is 6.32. The van der Waals surface area contributed by atoms with E-state index < -0.39 is 11.7 Å². The van der Waals surface area contributed by atoms with E-state index in [9.17, 15) is 13.2 Å². The SMILES string of the molecule is FC(F)(F)c1cnc(NC[C@H]2CCCNC2)c(Cl)c1. The number of pyridine rings is 1. The molecule has 0 spiro atoms. The highest BCUT2D eigenvalue weighted by atomic mass is 35.5. The number of nitrogens with one attached hydrogen (secondary N) is 2. The Morgan fingerprint density at radius 3 is 2.84 bits per heavy atom. The molecule has 19 heavy (non-hydrogen) atoms. The Labute approximate surface area is 114 Å². The van der Waals surface area contributed by atoms with E-state index >= 15 is 0 Å². The molecule has 0 aromatic carbocycles. The maximum absolute atomic E-state index is 12.4. The third kappa shape index (κ3) is 3.98. The Morgan fingerprint density at radius 2 is 2.26 bits per heavy atom. The van der Waals surface area contributed by atoms with Crippen molar-refractivity contribution in [1.82, 2.24) is 10.3 Å². The average molecular weight is 294 g/mol. The Bertz CT molecular complexity index is 431. The van der Waals surface area contributed by atoms with Gasteiger partial charge in [-0.1, -0.05) is 11.6 Å². The van der Waals surface area contributed by atoms with Crippen LogP contribution in [0.4, 0.5) is 19.0 Å². The molecule has 2 heterocycles. The molecule has 0 bridgehead atoms. The first-order chi connectivity index (χ1) is 8.97. The monoisotopic (exact) mass is 293 g/mol. The second kappa shape index (κ2) is 5.96. The minimum atomic E-state index is -4.41. The molecule has 1 fully saturated rings. The van der Waals surface area contributed by atoms with E-state index in [0.717, 1.165) is 38.2 Å². The van der Waals surface area contributed by atoms with Crippen LogP contribution in [0.3, 0.4) is 0 Å². The topological polar surface area (TPSA) is 37.0 Å². The summed E-state index contributed by atoms with van der Waals surface area (Å²) in [5, 5.41) is 6.28. The first-order valence-corrected chi connectivity index (χ1v) is 6.52. The third-order valence-corrected chi connectivity index (χ3v) is 3.41. The molecular formula is C12H15ClF3N3. The summed E-state index contributed by atoms with van der Waals surface area (Å²) in [6.07, 6.45) is -1.41. The molecule has 0 unspecified atom stereocenters. The summed E-state index contributed by atoms with van der Waals surface area (Å²) in [5.74, 6) is 0.758. The zero-order valence-electron chi connectivity index (χ0n) is 10.2. The molecule has 2 rings (SSSR count). The van der Waals surface area contributed by atoms with Crippen LogP contribution in [0.5, 0.6) is 0 Å². The van der Waals surface area contributed by atoms with Gasteiger partial charge in [0.25, 0.3) is 0 Å². The van der Waals surface area contributed by atoms with Gasteiger partial charge in [0.2, 0.25) is 0 Å². The molecule has 1 aliphatic rings. The number of rotatable bonds is 3. The molecule has 0 amide bonds. The van der Waals surface area contributed by atoms with Gasteiger partial charge in [0, 0.05) is 12.7 Å². The van der Waals surface area contributed by atoms with Crippen molar-refractivity contribution < 1.29 is 13.2 Å². The first-order valence-electron chi connectivity index (χ1n) is 6.14. The van der Waals surface area contributed by atoms with Gasteiger partial charge >= 0.3 is 6.18 Å². The van der Waals surface area contributed by atoms with Crippen LogP contribution in [0.2, 0.25) is 5.02 Å². The summed E-state index contributed by atoms with van der Waals surface area (Å²) in [6.45, 7) is 2.59. The Kier molecular flexibility index (Phi) is 4.52. The Balaban J connectivity index is 1.97. The van der Waals surface area contributed by atoms with Crippen molar-refractivity contribution >= 4 is 17.4 Å². The molecule has 1 aliphatic heterocycles. The number of nitrogens with zero attached hydrogens (tertiary/aromatic N) is 1. The Hall–Kier alpha value is -1.01. The highest BCUT2D eigenvalue weighted by Crippen LogP contribution is 2.32. The molecule has 0 radical (unpaired) electrons. The number of hydrogen-bond acceptors (Lipinski definition) is 3. The molecular weight excluding hydrogens is 279 g/mol. The molecule has 3 nitrogen and oxygen atoms in total. The fraction of sp³-hybridized carbons (Fsp3) is 0.583. The predicted octanol–water partition coefficient (Wildman–Crippen LogP) is 3.17. The number of hydrogen-bond donors (Lipinski definition) is 2. The van der Waals surface area contributed by atoms with Crippen molar-refractivity contribution in [2.45, 2.75) is 19.0 Å². The van der Waals surface area contributed by atoms with E-state index in [1.807, 2.05) is 0 Å². The lowest BCUT2D eigenvalue weighted by molar-refractivity contribution is -0.137.